The zero-order chi connectivity index (χ0) is 15.0. The Morgan fingerprint density at radius 1 is 1.24 bits per heavy atom. The van der Waals surface area contributed by atoms with Crippen molar-refractivity contribution in [2.45, 2.75) is 33.2 Å². The summed E-state index contributed by atoms with van der Waals surface area (Å²) in [6.45, 7) is 11.6. The highest BCUT2D eigenvalue weighted by molar-refractivity contribution is 5.89. The van der Waals surface area contributed by atoms with Crippen molar-refractivity contribution in [2.24, 2.45) is 0 Å². The number of aryl methyl sites for hydroxylation is 1. The van der Waals surface area contributed by atoms with Crippen LogP contribution in [0, 0.1) is 6.92 Å². The first-order chi connectivity index (χ1) is 9.92. The van der Waals surface area contributed by atoms with Crippen LogP contribution in [-0.2, 0) is 4.74 Å². The lowest BCUT2D eigenvalue weighted by Gasteiger charge is -2.28. The zero-order valence-electron chi connectivity index (χ0n) is 13.2. The molecule has 2 aromatic heterocycles. The number of anilines is 2. The van der Waals surface area contributed by atoms with Crippen LogP contribution >= 0.6 is 0 Å². The molecule has 1 fully saturated rings. The maximum Gasteiger partial charge on any atom is 0.229 e. The van der Waals surface area contributed by atoms with E-state index in [-0.39, 0.29) is 5.54 Å². The number of nitrogens with one attached hydrogen (secondary N) is 2. The number of hydrogen-bond acceptors (Lipinski definition) is 5. The zero-order valence-corrected chi connectivity index (χ0v) is 13.2. The Labute approximate surface area is 124 Å². The van der Waals surface area contributed by atoms with Crippen LogP contribution in [0.1, 0.15) is 26.5 Å². The van der Waals surface area contributed by atoms with Gasteiger partial charge in [0.2, 0.25) is 5.95 Å². The summed E-state index contributed by atoms with van der Waals surface area (Å²) in [4.78, 5) is 14.9. The quantitative estimate of drug-likeness (QED) is 0.888. The Hall–Kier alpha value is -1.82. The molecule has 3 rings (SSSR count). The normalized spacial score (nSPS) is 16.5. The molecule has 3 heterocycles. The van der Waals surface area contributed by atoms with Gasteiger partial charge in [-0.25, -0.2) is 0 Å². The van der Waals surface area contributed by atoms with E-state index in [4.69, 9.17) is 9.72 Å². The van der Waals surface area contributed by atoms with Gasteiger partial charge in [0, 0.05) is 24.3 Å². The third kappa shape index (κ3) is 3.10. The molecule has 2 N–H and O–H groups in total. The summed E-state index contributed by atoms with van der Waals surface area (Å²) in [5, 5.41) is 4.53. The van der Waals surface area contributed by atoms with Crippen LogP contribution in [-0.4, -0.2) is 46.8 Å². The molecule has 21 heavy (non-hydrogen) atoms. The highest BCUT2D eigenvalue weighted by Gasteiger charge is 2.20. The topological polar surface area (TPSA) is 66.1 Å². The van der Waals surface area contributed by atoms with Gasteiger partial charge in [0.25, 0.3) is 0 Å². The summed E-state index contributed by atoms with van der Waals surface area (Å²) >= 11 is 0. The molecule has 0 bridgehead atoms. The lowest BCUT2D eigenvalue weighted by molar-refractivity contribution is 0.122. The van der Waals surface area contributed by atoms with Gasteiger partial charge in [-0.1, -0.05) is 0 Å². The molecule has 6 nitrogen and oxygen atoms in total. The van der Waals surface area contributed by atoms with Crippen molar-refractivity contribution in [2.75, 3.05) is 36.5 Å². The summed E-state index contributed by atoms with van der Waals surface area (Å²) in [5.74, 6) is 1.65. The van der Waals surface area contributed by atoms with E-state index in [1.54, 1.807) is 0 Å². The molecular formula is C15H23N5O. The van der Waals surface area contributed by atoms with Gasteiger partial charge in [-0.15, -0.1) is 0 Å². The molecule has 0 aliphatic carbocycles. The number of aromatic amines is 1. The molecule has 1 aliphatic heterocycles. The van der Waals surface area contributed by atoms with E-state index in [0.29, 0.717) is 0 Å². The second kappa shape index (κ2) is 5.18. The molecule has 0 radical (unpaired) electrons. The van der Waals surface area contributed by atoms with Gasteiger partial charge in [-0.3, -0.25) is 0 Å². The molecular weight excluding hydrogens is 266 g/mol. The van der Waals surface area contributed by atoms with Crippen molar-refractivity contribution < 1.29 is 4.74 Å². The number of hydrogen-bond donors (Lipinski definition) is 2. The van der Waals surface area contributed by atoms with Crippen LogP contribution in [0.15, 0.2) is 6.07 Å². The highest BCUT2D eigenvalue weighted by atomic mass is 16.5. The predicted molar refractivity (Wildman–Crippen MR) is 85.0 cm³/mol. The fraction of sp³-hybridized carbons (Fsp3) is 0.600. The van der Waals surface area contributed by atoms with Crippen LogP contribution in [0.4, 0.5) is 11.8 Å². The van der Waals surface area contributed by atoms with Crippen LogP contribution in [0.2, 0.25) is 0 Å². The summed E-state index contributed by atoms with van der Waals surface area (Å²) in [7, 11) is 0. The largest absolute Gasteiger partial charge is 0.378 e. The van der Waals surface area contributed by atoms with Gasteiger partial charge in [-0.05, 0) is 33.8 Å². The molecule has 0 atom stereocenters. The third-order valence-corrected chi connectivity index (χ3v) is 3.40. The number of ether oxygens (including phenoxy) is 1. The van der Waals surface area contributed by atoms with Crippen LogP contribution < -0.4 is 10.2 Å². The number of fused-ring (bicyclic) bond motifs is 1. The second-order valence-electron chi connectivity index (χ2n) is 6.56. The summed E-state index contributed by atoms with van der Waals surface area (Å²) < 4.78 is 5.40. The van der Waals surface area contributed by atoms with Crippen molar-refractivity contribution >= 4 is 22.8 Å². The first-order valence-electron chi connectivity index (χ1n) is 7.41. The van der Waals surface area contributed by atoms with Crippen LogP contribution in [0.3, 0.4) is 0 Å². The predicted octanol–water partition coefficient (Wildman–Crippen LogP) is 2.31. The van der Waals surface area contributed by atoms with Crippen molar-refractivity contribution in [3.05, 3.63) is 11.8 Å². The number of morpholine rings is 1. The second-order valence-corrected chi connectivity index (χ2v) is 6.56. The molecule has 0 aromatic carbocycles. The van der Waals surface area contributed by atoms with Gasteiger partial charge in [-0.2, -0.15) is 9.97 Å². The van der Waals surface area contributed by atoms with E-state index in [1.165, 1.54) is 0 Å². The van der Waals surface area contributed by atoms with Crippen molar-refractivity contribution in [1.29, 1.82) is 0 Å². The molecule has 0 saturated carbocycles. The van der Waals surface area contributed by atoms with Crippen LogP contribution in [0.25, 0.3) is 11.0 Å². The van der Waals surface area contributed by atoms with E-state index >= 15 is 0 Å². The smallest absolute Gasteiger partial charge is 0.229 e. The molecule has 0 unspecified atom stereocenters. The fourth-order valence-electron chi connectivity index (χ4n) is 2.48. The van der Waals surface area contributed by atoms with Gasteiger partial charge in [0.1, 0.15) is 11.5 Å². The Morgan fingerprint density at radius 3 is 2.62 bits per heavy atom. The van der Waals surface area contributed by atoms with E-state index in [2.05, 4.69) is 47.0 Å². The summed E-state index contributed by atoms with van der Waals surface area (Å²) in [6, 6.07) is 2.09. The maximum absolute atomic E-state index is 5.40. The minimum absolute atomic E-state index is 0.0469. The van der Waals surface area contributed by atoms with E-state index < -0.39 is 0 Å². The van der Waals surface area contributed by atoms with Gasteiger partial charge in [0.15, 0.2) is 0 Å². The Morgan fingerprint density at radius 2 is 1.95 bits per heavy atom. The average Bonchev–Trinajstić information content (AvgIpc) is 2.79. The van der Waals surface area contributed by atoms with E-state index in [9.17, 15) is 0 Å². The number of H-pyrrole nitrogens is 1. The average molecular weight is 289 g/mol. The lowest BCUT2D eigenvalue weighted by atomic mass is 10.1. The fourth-order valence-corrected chi connectivity index (χ4v) is 2.48. The van der Waals surface area contributed by atoms with Gasteiger partial charge in [0.05, 0.1) is 18.6 Å². The summed E-state index contributed by atoms with van der Waals surface area (Å²) in [6.07, 6.45) is 0. The Balaban J connectivity index is 2.05. The molecule has 6 heteroatoms. The first-order valence-corrected chi connectivity index (χ1v) is 7.41. The number of aromatic nitrogens is 3. The number of rotatable bonds is 2. The maximum atomic E-state index is 5.40. The first kappa shape index (κ1) is 14.1. The number of nitrogens with zero attached hydrogens (tertiary/aromatic N) is 3. The van der Waals surface area contributed by atoms with Crippen molar-refractivity contribution in [3.63, 3.8) is 0 Å². The molecule has 1 saturated heterocycles. The van der Waals surface area contributed by atoms with Crippen molar-refractivity contribution in [1.82, 2.24) is 15.0 Å². The summed E-state index contributed by atoms with van der Waals surface area (Å²) in [5.41, 5.74) is 1.93. The third-order valence-electron chi connectivity index (χ3n) is 3.40. The molecule has 1 aliphatic rings. The standard InChI is InChI=1S/C15H23N5O/c1-10-9-11-12(16-10)17-14(20-5-7-21-8-6-20)18-13(11)19-15(2,3)4/h9H,5-8H2,1-4H3,(H2,16,17,18,19). The van der Waals surface area contributed by atoms with Crippen LogP contribution in [0.5, 0.6) is 0 Å². The highest BCUT2D eigenvalue weighted by Crippen LogP contribution is 2.26. The lowest BCUT2D eigenvalue weighted by Crippen LogP contribution is -2.37. The minimum Gasteiger partial charge on any atom is -0.378 e. The molecule has 2 aromatic rings. The van der Waals surface area contributed by atoms with E-state index in [1.807, 2.05) is 6.92 Å². The monoisotopic (exact) mass is 289 g/mol. The van der Waals surface area contributed by atoms with Gasteiger partial charge >= 0.3 is 0 Å². The Kier molecular flexibility index (Phi) is 3.49. The van der Waals surface area contributed by atoms with Crippen molar-refractivity contribution in [3.8, 4) is 0 Å². The molecule has 0 amide bonds. The minimum atomic E-state index is -0.0469. The molecule has 0 spiro atoms. The van der Waals surface area contributed by atoms with Gasteiger partial charge < -0.3 is 19.9 Å². The SMILES string of the molecule is Cc1cc2c(NC(C)(C)C)nc(N3CCOCC3)nc2[nH]1. The van der Waals surface area contributed by atoms with E-state index in [0.717, 1.165) is 54.8 Å². The molecule has 114 valence electrons. The Bertz CT molecular complexity index is 637.